The van der Waals surface area contributed by atoms with Gasteiger partial charge in [0.2, 0.25) is 0 Å². The number of nitrogens with zero attached hydrogens (tertiary/aromatic N) is 1. The third-order valence-electron chi connectivity index (χ3n) is 2.49. The van der Waals surface area contributed by atoms with E-state index < -0.39 is 5.82 Å². The number of benzene rings is 1. The third-order valence-corrected chi connectivity index (χ3v) is 3.99. The van der Waals surface area contributed by atoms with Crippen molar-refractivity contribution in [3.63, 3.8) is 0 Å². The SMILES string of the molecule is Fc1c(Cl)c[c]c2[nH]c3ncc(Br)c(Cl)c3c12. The molecule has 2 nitrogen and oxygen atoms in total. The zero-order valence-electron chi connectivity index (χ0n) is 8.11. The van der Waals surface area contributed by atoms with Crippen molar-refractivity contribution in [2.45, 2.75) is 0 Å². The molecule has 3 rings (SSSR count). The van der Waals surface area contributed by atoms with Crippen LogP contribution in [0.1, 0.15) is 0 Å². The van der Waals surface area contributed by atoms with E-state index >= 15 is 0 Å². The maximum Gasteiger partial charge on any atom is 0.151 e. The van der Waals surface area contributed by atoms with Gasteiger partial charge in [-0.2, -0.15) is 0 Å². The van der Waals surface area contributed by atoms with Crippen molar-refractivity contribution in [2.75, 3.05) is 0 Å². The number of halogens is 4. The molecule has 0 aliphatic heterocycles. The predicted octanol–water partition coefficient (Wildman–Crippen LogP) is 4.72. The summed E-state index contributed by atoms with van der Waals surface area (Å²) in [4.78, 5) is 7.08. The van der Waals surface area contributed by atoms with Gasteiger partial charge in [0.1, 0.15) is 5.65 Å². The topological polar surface area (TPSA) is 28.7 Å². The van der Waals surface area contributed by atoms with Gasteiger partial charge in [-0.3, -0.25) is 0 Å². The van der Waals surface area contributed by atoms with Gasteiger partial charge in [0.05, 0.1) is 20.0 Å². The first-order valence-electron chi connectivity index (χ1n) is 4.60. The Morgan fingerprint density at radius 2 is 2.12 bits per heavy atom. The molecule has 0 aliphatic rings. The van der Waals surface area contributed by atoms with Crippen LogP contribution in [0.3, 0.4) is 0 Å². The lowest BCUT2D eigenvalue weighted by molar-refractivity contribution is 0.641. The van der Waals surface area contributed by atoms with Gasteiger partial charge in [0.15, 0.2) is 5.82 Å². The number of hydrogen-bond acceptors (Lipinski definition) is 1. The van der Waals surface area contributed by atoms with Crippen LogP contribution in [-0.2, 0) is 0 Å². The van der Waals surface area contributed by atoms with E-state index in [-0.39, 0.29) is 5.02 Å². The molecule has 0 fully saturated rings. The van der Waals surface area contributed by atoms with Crippen LogP contribution in [0.25, 0.3) is 21.9 Å². The van der Waals surface area contributed by atoms with Crippen molar-refractivity contribution in [3.05, 3.63) is 38.7 Å². The van der Waals surface area contributed by atoms with Gasteiger partial charge in [-0.25, -0.2) is 9.37 Å². The summed E-state index contributed by atoms with van der Waals surface area (Å²) in [7, 11) is 0. The van der Waals surface area contributed by atoms with E-state index in [0.717, 1.165) is 0 Å². The van der Waals surface area contributed by atoms with Crippen LogP contribution in [0, 0.1) is 11.9 Å². The van der Waals surface area contributed by atoms with E-state index in [1.807, 2.05) is 0 Å². The van der Waals surface area contributed by atoms with Crippen molar-refractivity contribution in [1.29, 1.82) is 0 Å². The summed E-state index contributed by atoms with van der Waals surface area (Å²) in [6, 6.07) is 4.23. The van der Waals surface area contributed by atoms with E-state index in [1.165, 1.54) is 6.07 Å². The van der Waals surface area contributed by atoms with E-state index in [1.54, 1.807) is 6.20 Å². The number of H-pyrrole nitrogens is 1. The molecular formula is C11H3BrCl2FN2. The van der Waals surface area contributed by atoms with Crippen LogP contribution in [-0.4, -0.2) is 9.97 Å². The summed E-state index contributed by atoms with van der Waals surface area (Å²) >= 11 is 15.1. The zero-order chi connectivity index (χ0) is 12.2. The normalized spacial score (nSPS) is 11.5. The molecule has 0 saturated heterocycles. The molecule has 0 amide bonds. The highest BCUT2D eigenvalue weighted by Crippen LogP contribution is 2.37. The molecular weight excluding hydrogens is 330 g/mol. The van der Waals surface area contributed by atoms with E-state index in [2.05, 4.69) is 32.0 Å². The van der Waals surface area contributed by atoms with Crippen LogP contribution in [0.5, 0.6) is 0 Å². The molecule has 0 saturated carbocycles. The van der Waals surface area contributed by atoms with Gasteiger partial charge in [-0.05, 0) is 22.0 Å². The van der Waals surface area contributed by atoms with Crippen molar-refractivity contribution in [2.24, 2.45) is 0 Å². The Hall–Kier alpha value is -0.840. The number of aromatic amines is 1. The second-order valence-corrected chi connectivity index (χ2v) is 5.11. The number of fused-ring (bicyclic) bond motifs is 3. The molecule has 1 radical (unpaired) electrons. The van der Waals surface area contributed by atoms with Gasteiger partial charge < -0.3 is 4.98 Å². The second kappa shape index (κ2) is 3.83. The Balaban J connectivity index is 2.65. The summed E-state index contributed by atoms with van der Waals surface area (Å²) in [5.41, 5.74) is 1.00. The molecule has 6 heteroatoms. The van der Waals surface area contributed by atoms with E-state index in [4.69, 9.17) is 23.2 Å². The average Bonchev–Trinajstić information content (AvgIpc) is 2.69. The molecule has 1 N–H and O–H groups in total. The highest BCUT2D eigenvalue weighted by atomic mass is 79.9. The molecule has 85 valence electrons. The van der Waals surface area contributed by atoms with E-state index in [0.29, 0.717) is 31.4 Å². The smallest absolute Gasteiger partial charge is 0.151 e. The molecule has 0 spiro atoms. The fourth-order valence-corrected chi connectivity index (χ4v) is 2.42. The Bertz CT molecular complexity index is 692. The highest BCUT2D eigenvalue weighted by molar-refractivity contribution is 9.10. The van der Waals surface area contributed by atoms with Gasteiger partial charge in [-0.1, -0.05) is 23.2 Å². The largest absolute Gasteiger partial charge is 0.339 e. The van der Waals surface area contributed by atoms with Crippen molar-refractivity contribution < 1.29 is 4.39 Å². The Morgan fingerprint density at radius 3 is 2.88 bits per heavy atom. The third kappa shape index (κ3) is 1.55. The highest BCUT2D eigenvalue weighted by Gasteiger charge is 2.16. The molecule has 0 atom stereocenters. The molecule has 2 heterocycles. The van der Waals surface area contributed by atoms with Gasteiger partial charge in [0, 0.05) is 23.0 Å². The van der Waals surface area contributed by atoms with Crippen LogP contribution >= 0.6 is 39.1 Å². The Morgan fingerprint density at radius 1 is 1.35 bits per heavy atom. The van der Waals surface area contributed by atoms with Crippen LogP contribution < -0.4 is 0 Å². The number of aromatic nitrogens is 2. The maximum atomic E-state index is 14.0. The minimum absolute atomic E-state index is 0.00874. The number of hydrogen-bond donors (Lipinski definition) is 1. The number of rotatable bonds is 0. The Kier molecular flexibility index (Phi) is 2.54. The monoisotopic (exact) mass is 331 g/mol. The zero-order valence-corrected chi connectivity index (χ0v) is 11.2. The molecule has 0 aliphatic carbocycles. The molecule has 2 aromatic heterocycles. The first-order chi connectivity index (χ1) is 8.09. The summed E-state index contributed by atoms with van der Waals surface area (Å²) in [5, 5.41) is 1.23. The fourth-order valence-electron chi connectivity index (χ4n) is 1.74. The predicted molar refractivity (Wildman–Crippen MR) is 70.1 cm³/mol. The number of nitrogens with one attached hydrogen (secondary N) is 1. The minimum Gasteiger partial charge on any atom is -0.339 e. The first kappa shape index (κ1) is 11.3. The van der Waals surface area contributed by atoms with Crippen LogP contribution in [0.15, 0.2) is 16.7 Å². The average molecular weight is 333 g/mol. The molecule has 3 aromatic rings. The van der Waals surface area contributed by atoms with Crippen LogP contribution in [0.4, 0.5) is 4.39 Å². The fraction of sp³-hybridized carbons (Fsp3) is 0. The standard InChI is InChI=1S/C11H3BrCl2FN2/c12-4-3-16-11-8(9(4)14)7-6(17-11)2-1-5(13)10(7)15/h1,3H,(H,16,17). The Labute approximate surface area is 114 Å². The quantitative estimate of drug-likeness (QED) is 0.633. The minimum atomic E-state index is -0.520. The summed E-state index contributed by atoms with van der Waals surface area (Å²) in [5.74, 6) is -0.520. The van der Waals surface area contributed by atoms with Crippen molar-refractivity contribution in [1.82, 2.24) is 9.97 Å². The lowest BCUT2D eigenvalue weighted by Crippen LogP contribution is -1.81. The van der Waals surface area contributed by atoms with Crippen molar-refractivity contribution >= 4 is 61.1 Å². The molecule has 0 bridgehead atoms. The van der Waals surface area contributed by atoms with Crippen LogP contribution in [0.2, 0.25) is 10.0 Å². The second-order valence-electron chi connectivity index (χ2n) is 3.47. The molecule has 1 aromatic carbocycles. The molecule has 0 unspecified atom stereocenters. The van der Waals surface area contributed by atoms with Gasteiger partial charge in [-0.15, -0.1) is 0 Å². The summed E-state index contributed by atoms with van der Waals surface area (Å²) < 4.78 is 14.6. The summed E-state index contributed by atoms with van der Waals surface area (Å²) in [6.07, 6.45) is 1.56. The first-order valence-corrected chi connectivity index (χ1v) is 6.15. The lowest BCUT2D eigenvalue weighted by atomic mass is 10.2. The van der Waals surface area contributed by atoms with E-state index in [9.17, 15) is 4.39 Å². The summed E-state index contributed by atoms with van der Waals surface area (Å²) in [6.45, 7) is 0. The number of pyridine rings is 1. The van der Waals surface area contributed by atoms with Gasteiger partial charge in [0.25, 0.3) is 0 Å². The van der Waals surface area contributed by atoms with Crippen molar-refractivity contribution in [3.8, 4) is 0 Å². The van der Waals surface area contributed by atoms with Gasteiger partial charge >= 0.3 is 0 Å². The lowest BCUT2D eigenvalue weighted by Gasteiger charge is -1.99. The molecule has 17 heavy (non-hydrogen) atoms. The maximum absolute atomic E-state index is 14.0.